The Hall–Kier alpha value is -1.49. The van der Waals surface area contributed by atoms with E-state index in [4.69, 9.17) is 5.73 Å². The van der Waals surface area contributed by atoms with Crippen LogP contribution in [0.2, 0.25) is 0 Å². The van der Waals surface area contributed by atoms with Gasteiger partial charge in [-0.1, -0.05) is 11.8 Å². The van der Waals surface area contributed by atoms with Gasteiger partial charge in [-0.25, -0.2) is 0 Å². The van der Waals surface area contributed by atoms with Crippen LogP contribution in [0.3, 0.4) is 0 Å². The second-order valence-corrected chi connectivity index (χ2v) is 5.07. The summed E-state index contributed by atoms with van der Waals surface area (Å²) in [7, 11) is 0. The van der Waals surface area contributed by atoms with Crippen LogP contribution in [-0.2, 0) is 0 Å². The largest absolute Gasteiger partial charge is 0.366 e. The van der Waals surface area contributed by atoms with Crippen LogP contribution in [0.25, 0.3) is 0 Å². The predicted octanol–water partition coefficient (Wildman–Crippen LogP) is 2.08. The van der Waals surface area contributed by atoms with Gasteiger partial charge >= 0.3 is 0 Å². The van der Waals surface area contributed by atoms with Crippen molar-refractivity contribution in [3.63, 3.8) is 0 Å². The van der Waals surface area contributed by atoms with Gasteiger partial charge in [-0.05, 0) is 37.6 Å². The summed E-state index contributed by atoms with van der Waals surface area (Å²) in [5, 5.41) is 4.18. The Balaban J connectivity index is 2.06. The summed E-state index contributed by atoms with van der Waals surface area (Å²) in [5.41, 5.74) is 6.62. The molecule has 3 N–H and O–H groups in total. The molecular weight excluding hydrogens is 234 g/mol. The Kier molecular flexibility index (Phi) is 3.68. The number of nitrogens with two attached hydrogens (primary N) is 1. The molecule has 0 spiro atoms. The highest BCUT2D eigenvalue weighted by Gasteiger charge is 2.11. The molecule has 1 aliphatic heterocycles. The number of hydrogen-bond acceptors (Lipinski definition) is 4. The fraction of sp³-hybridized carbons (Fsp3) is 0.333. The maximum atomic E-state index is 10.9. The average molecular weight is 249 g/mol. The molecule has 1 heterocycles. The van der Waals surface area contributed by atoms with Gasteiger partial charge < -0.3 is 11.1 Å². The highest BCUT2D eigenvalue weighted by Crippen LogP contribution is 2.19. The van der Waals surface area contributed by atoms with Crippen molar-refractivity contribution in [3.05, 3.63) is 29.8 Å². The van der Waals surface area contributed by atoms with Crippen LogP contribution in [0.1, 0.15) is 23.7 Å². The van der Waals surface area contributed by atoms with E-state index < -0.39 is 5.91 Å². The molecule has 1 amide bonds. The molecule has 1 unspecified atom stereocenters. The number of hydrogen-bond donors (Lipinski definition) is 2. The van der Waals surface area contributed by atoms with Crippen LogP contribution < -0.4 is 11.1 Å². The molecule has 0 fully saturated rings. The predicted molar refractivity (Wildman–Crippen MR) is 72.6 cm³/mol. The lowest BCUT2D eigenvalue weighted by molar-refractivity contribution is 0.100. The van der Waals surface area contributed by atoms with Crippen molar-refractivity contribution in [1.29, 1.82) is 0 Å². The summed E-state index contributed by atoms with van der Waals surface area (Å²) < 4.78 is 0. The second kappa shape index (κ2) is 5.23. The minimum absolute atomic E-state index is 0.378. The number of nitrogens with one attached hydrogen (secondary N) is 1. The van der Waals surface area contributed by atoms with Crippen molar-refractivity contribution < 1.29 is 4.79 Å². The third-order valence-corrected chi connectivity index (χ3v) is 3.45. The molecule has 0 radical (unpaired) electrons. The Morgan fingerprint density at radius 1 is 1.47 bits per heavy atom. The highest BCUT2D eigenvalue weighted by molar-refractivity contribution is 8.14. The Bertz CT molecular complexity index is 442. The van der Waals surface area contributed by atoms with Crippen LogP contribution in [0, 0.1) is 0 Å². The lowest BCUT2D eigenvalue weighted by Crippen LogP contribution is -2.18. The van der Waals surface area contributed by atoms with Gasteiger partial charge in [-0.15, -0.1) is 0 Å². The summed E-state index contributed by atoms with van der Waals surface area (Å²) in [6.07, 6.45) is 1.12. The molecule has 90 valence electrons. The SMILES string of the molecule is CC1CCSC(Nc2ccc(C(N)=O)cc2)=N1. The van der Waals surface area contributed by atoms with E-state index >= 15 is 0 Å². The van der Waals surface area contributed by atoms with Crippen molar-refractivity contribution in [2.45, 2.75) is 19.4 Å². The van der Waals surface area contributed by atoms with Crippen LogP contribution in [0.15, 0.2) is 29.3 Å². The van der Waals surface area contributed by atoms with E-state index in [0.717, 1.165) is 23.0 Å². The van der Waals surface area contributed by atoms with Gasteiger partial charge in [-0.2, -0.15) is 0 Å². The molecule has 0 bridgehead atoms. The minimum Gasteiger partial charge on any atom is -0.366 e. The van der Waals surface area contributed by atoms with Crippen molar-refractivity contribution in [1.82, 2.24) is 0 Å². The van der Waals surface area contributed by atoms with E-state index in [-0.39, 0.29) is 0 Å². The number of benzene rings is 1. The fourth-order valence-corrected chi connectivity index (χ4v) is 2.63. The number of nitrogens with zero attached hydrogens (tertiary/aromatic N) is 1. The van der Waals surface area contributed by atoms with Crippen LogP contribution >= 0.6 is 11.8 Å². The third kappa shape index (κ3) is 3.23. The first-order chi connectivity index (χ1) is 8.15. The first-order valence-corrected chi connectivity index (χ1v) is 6.51. The Morgan fingerprint density at radius 3 is 2.76 bits per heavy atom. The van der Waals surface area contributed by atoms with Gasteiger partial charge in [0.1, 0.15) is 0 Å². The zero-order chi connectivity index (χ0) is 12.3. The molecule has 1 aromatic carbocycles. The standard InChI is InChI=1S/C12H15N3OS/c1-8-6-7-17-12(14-8)15-10-4-2-9(3-5-10)11(13)16/h2-5,8H,6-7H2,1H3,(H2,13,16)(H,14,15). The zero-order valence-electron chi connectivity index (χ0n) is 9.64. The molecule has 0 saturated carbocycles. The maximum absolute atomic E-state index is 10.9. The number of amidine groups is 1. The zero-order valence-corrected chi connectivity index (χ0v) is 10.5. The number of primary amides is 1. The van der Waals surface area contributed by atoms with E-state index in [1.165, 1.54) is 0 Å². The number of rotatable bonds is 2. The topological polar surface area (TPSA) is 67.5 Å². The Morgan fingerprint density at radius 2 is 2.18 bits per heavy atom. The van der Waals surface area contributed by atoms with Crippen molar-refractivity contribution in [2.75, 3.05) is 11.1 Å². The molecule has 4 nitrogen and oxygen atoms in total. The molecule has 1 atom stereocenters. The van der Waals surface area contributed by atoms with E-state index in [0.29, 0.717) is 11.6 Å². The molecule has 1 aromatic rings. The van der Waals surface area contributed by atoms with Gasteiger partial charge in [0.05, 0.1) is 6.04 Å². The lowest BCUT2D eigenvalue weighted by Gasteiger charge is -2.17. The first kappa shape index (κ1) is 12.0. The molecule has 5 heteroatoms. The second-order valence-electron chi connectivity index (χ2n) is 3.99. The molecule has 0 saturated heterocycles. The van der Waals surface area contributed by atoms with E-state index in [9.17, 15) is 4.79 Å². The molecule has 0 aromatic heterocycles. The summed E-state index contributed by atoms with van der Waals surface area (Å²) in [6.45, 7) is 2.11. The van der Waals surface area contributed by atoms with Crippen LogP contribution in [0.5, 0.6) is 0 Å². The van der Waals surface area contributed by atoms with E-state index in [1.807, 2.05) is 12.1 Å². The van der Waals surface area contributed by atoms with Gasteiger partial charge in [-0.3, -0.25) is 9.79 Å². The minimum atomic E-state index is -0.408. The summed E-state index contributed by atoms with van der Waals surface area (Å²) in [4.78, 5) is 15.4. The fourth-order valence-electron chi connectivity index (χ4n) is 1.54. The molecular formula is C12H15N3OS. The lowest BCUT2D eigenvalue weighted by atomic mass is 10.2. The average Bonchev–Trinajstić information content (AvgIpc) is 2.29. The molecule has 1 aliphatic rings. The van der Waals surface area contributed by atoms with Gasteiger partial charge in [0.25, 0.3) is 0 Å². The van der Waals surface area contributed by atoms with E-state index in [2.05, 4.69) is 17.2 Å². The molecule has 0 aliphatic carbocycles. The van der Waals surface area contributed by atoms with Crippen molar-refractivity contribution in [2.24, 2.45) is 10.7 Å². The number of amides is 1. The third-order valence-electron chi connectivity index (χ3n) is 2.53. The maximum Gasteiger partial charge on any atom is 0.248 e. The quantitative estimate of drug-likeness (QED) is 0.843. The highest BCUT2D eigenvalue weighted by atomic mass is 32.2. The van der Waals surface area contributed by atoms with Gasteiger partial charge in [0.2, 0.25) is 5.91 Å². The number of anilines is 1. The number of carbonyl (C=O) groups excluding carboxylic acids is 1. The molecule has 17 heavy (non-hydrogen) atoms. The summed E-state index contributed by atoms with van der Waals surface area (Å²) in [6, 6.07) is 7.47. The number of thioether (sulfide) groups is 1. The smallest absolute Gasteiger partial charge is 0.248 e. The van der Waals surface area contributed by atoms with Gasteiger partial charge in [0.15, 0.2) is 5.17 Å². The summed E-state index contributed by atoms with van der Waals surface area (Å²) >= 11 is 1.72. The summed E-state index contributed by atoms with van der Waals surface area (Å²) in [5.74, 6) is 0.682. The van der Waals surface area contributed by atoms with Crippen molar-refractivity contribution >= 4 is 28.5 Å². The monoisotopic (exact) mass is 249 g/mol. The van der Waals surface area contributed by atoms with Crippen LogP contribution in [-0.4, -0.2) is 22.9 Å². The van der Waals surface area contributed by atoms with Crippen LogP contribution in [0.4, 0.5) is 5.69 Å². The van der Waals surface area contributed by atoms with Gasteiger partial charge in [0, 0.05) is 17.0 Å². The van der Waals surface area contributed by atoms with Crippen molar-refractivity contribution in [3.8, 4) is 0 Å². The Labute approximate surface area is 105 Å². The van der Waals surface area contributed by atoms with E-state index in [1.54, 1.807) is 23.9 Å². The number of carbonyl (C=O) groups is 1. The number of aliphatic imine (C=N–C) groups is 1. The molecule has 2 rings (SSSR count). The normalized spacial score (nSPS) is 19.6. The first-order valence-electron chi connectivity index (χ1n) is 5.52.